The highest BCUT2D eigenvalue weighted by atomic mass is 16.4. The molecule has 1 saturated heterocycles. The molecule has 0 saturated carbocycles. The van der Waals surface area contributed by atoms with Gasteiger partial charge < -0.3 is 10.0 Å². The quantitative estimate of drug-likeness (QED) is 0.930. The van der Waals surface area contributed by atoms with Crippen LogP contribution >= 0.6 is 0 Å². The summed E-state index contributed by atoms with van der Waals surface area (Å²) < 4.78 is 0. The summed E-state index contributed by atoms with van der Waals surface area (Å²) in [6.45, 7) is 8.33. The van der Waals surface area contributed by atoms with Gasteiger partial charge in [-0.05, 0) is 45.2 Å². The second-order valence-electron chi connectivity index (χ2n) is 6.78. The molecule has 1 unspecified atom stereocenters. The highest BCUT2D eigenvalue weighted by molar-refractivity contribution is 5.89. The van der Waals surface area contributed by atoms with Gasteiger partial charge in [0.15, 0.2) is 0 Å². The Morgan fingerprint density at radius 3 is 2.43 bits per heavy atom. The number of carboxylic acids is 1. The molecule has 4 heteroatoms. The van der Waals surface area contributed by atoms with Crippen LogP contribution in [-0.2, 0) is 15.0 Å². The highest BCUT2D eigenvalue weighted by Crippen LogP contribution is 2.35. The molecule has 21 heavy (non-hydrogen) atoms. The second-order valence-corrected chi connectivity index (χ2v) is 6.78. The number of hydrogen-bond donors (Lipinski definition) is 1. The molecule has 1 amide bonds. The van der Waals surface area contributed by atoms with Crippen molar-refractivity contribution >= 4 is 11.9 Å². The lowest BCUT2D eigenvalue weighted by molar-refractivity contribution is -0.147. The number of rotatable bonds is 3. The first-order valence-electron chi connectivity index (χ1n) is 7.27. The lowest BCUT2D eigenvalue weighted by atomic mass is 9.80. The van der Waals surface area contributed by atoms with E-state index in [0.717, 1.165) is 11.1 Å². The van der Waals surface area contributed by atoms with Gasteiger partial charge in [-0.1, -0.05) is 24.3 Å². The van der Waals surface area contributed by atoms with Gasteiger partial charge in [0.2, 0.25) is 5.91 Å². The van der Waals surface area contributed by atoms with Gasteiger partial charge in [0.1, 0.15) is 0 Å². The third-order valence-electron chi connectivity index (χ3n) is 4.63. The van der Waals surface area contributed by atoms with E-state index in [1.807, 2.05) is 45.0 Å². The van der Waals surface area contributed by atoms with Crippen LogP contribution in [0.1, 0.15) is 38.3 Å². The van der Waals surface area contributed by atoms with Crippen LogP contribution in [0, 0.1) is 12.3 Å². The Morgan fingerprint density at radius 2 is 1.90 bits per heavy atom. The van der Waals surface area contributed by atoms with E-state index in [0.29, 0.717) is 13.0 Å². The first-order valence-corrected chi connectivity index (χ1v) is 7.27. The van der Waals surface area contributed by atoms with Crippen molar-refractivity contribution in [1.29, 1.82) is 0 Å². The predicted octanol–water partition coefficient (Wildman–Crippen LogP) is 2.60. The number of hydrogen-bond acceptors (Lipinski definition) is 2. The minimum absolute atomic E-state index is 0.00164. The molecule has 2 rings (SSSR count). The molecular formula is C17H23NO3. The number of aryl methyl sites for hydroxylation is 1. The standard InChI is InChI=1S/C17H23NO3/c1-12-7-5-6-8-13(12)16(2,3)14(19)18-10-9-17(4,11-18)15(20)21/h5-8H,9-11H2,1-4H3,(H,20,21). The summed E-state index contributed by atoms with van der Waals surface area (Å²) in [7, 11) is 0. The van der Waals surface area contributed by atoms with Gasteiger partial charge in [0.05, 0.1) is 10.8 Å². The van der Waals surface area contributed by atoms with Crippen LogP contribution < -0.4 is 0 Å². The molecule has 0 bridgehead atoms. The predicted molar refractivity (Wildman–Crippen MR) is 81.1 cm³/mol. The minimum Gasteiger partial charge on any atom is -0.481 e. The molecule has 0 aromatic heterocycles. The van der Waals surface area contributed by atoms with Crippen molar-refractivity contribution in [1.82, 2.24) is 4.90 Å². The van der Waals surface area contributed by atoms with Crippen molar-refractivity contribution in [3.8, 4) is 0 Å². The first kappa shape index (κ1) is 15.5. The summed E-state index contributed by atoms with van der Waals surface area (Å²) in [6.07, 6.45) is 0.512. The van der Waals surface area contributed by atoms with E-state index in [9.17, 15) is 14.7 Å². The Labute approximate surface area is 125 Å². The second kappa shape index (κ2) is 5.17. The molecule has 4 nitrogen and oxygen atoms in total. The summed E-state index contributed by atoms with van der Waals surface area (Å²) >= 11 is 0. The van der Waals surface area contributed by atoms with Gasteiger partial charge in [0.25, 0.3) is 0 Å². The largest absolute Gasteiger partial charge is 0.481 e. The van der Waals surface area contributed by atoms with Crippen LogP contribution in [0.5, 0.6) is 0 Å². The van der Waals surface area contributed by atoms with E-state index in [-0.39, 0.29) is 12.5 Å². The number of benzene rings is 1. The first-order chi connectivity index (χ1) is 9.68. The maximum absolute atomic E-state index is 12.9. The number of amides is 1. The molecule has 1 aliphatic rings. The maximum Gasteiger partial charge on any atom is 0.311 e. The Hall–Kier alpha value is -1.84. The number of carbonyl (C=O) groups excluding carboxylic acids is 1. The maximum atomic E-state index is 12.9. The fraction of sp³-hybridized carbons (Fsp3) is 0.529. The molecule has 0 spiro atoms. The molecule has 1 fully saturated rings. The van der Waals surface area contributed by atoms with Gasteiger partial charge in [-0.15, -0.1) is 0 Å². The number of carbonyl (C=O) groups is 2. The summed E-state index contributed by atoms with van der Waals surface area (Å²) in [5.41, 5.74) is 0.613. The monoisotopic (exact) mass is 289 g/mol. The number of likely N-dealkylation sites (tertiary alicyclic amines) is 1. The number of carboxylic acid groups (broad SMARTS) is 1. The zero-order valence-corrected chi connectivity index (χ0v) is 13.1. The van der Waals surface area contributed by atoms with Crippen LogP contribution in [0.4, 0.5) is 0 Å². The zero-order valence-electron chi connectivity index (χ0n) is 13.1. The van der Waals surface area contributed by atoms with E-state index in [2.05, 4.69) is 0 Å². The molecule has 114 valence electrons. The molecule has 1 aromatic carbocycles. The summed E-state index contributed by atoms with van der Waals surface area (Å²) in [5, 5.41) is 9.30. The van der Waals surface area contributed by atoms with E-state index < -0.39 is 16.8 Å². The topological polar surface area (TPSA) is 57.6 Å². The van der Waals surface area contributed by atoms with Gasteiger partial charge in [-0.2, -0.15) is 0 Å². The van der Waals surface area contributed by atoms with Crippen molar-refractivity contribution in [3.63, 3.8) is 0 Å². The SMILES string of the molecule is Cc1ccccc1C(C)(C)C(=O)N1CCC(C)(C(=O)O)C1. The van der Waals surface area contributed by atoms with Crippen molar-refractivity contribution in [3.05, 3.63) is 35.4 Å². The average Bonchev–Trinajstić information content (AvgIpc) is 2.82. The lowest BCUT2D eigenvalue weighted by Crippen LogP contribution is -2.44. The zero-order chi connectivity index (χ0) is 15.8. The van der Waals surface area contributed by atoms with Crippen LogP contribution in [0.3, 0.4) is 0 Å². The van der Waals surface area contributed by atoms with E-state index in [1.165, 1.54) is 0 Å². The van der Waals surface area contributed by atoms with E-state index >= 15 is 0 Å². The molecule has 0 aliphatic carbocycles. The Morgan fingerprint density at radius 1 is 1.29 bits per heavy atom. The minimum atomic E-state index is -0.827. The Kier molecular flexibility index (Phi) is 3.83. The van der Waals surface area contributed by atoms with E-state index in [1.54, 1.807) is 11.8 Å². The average molecular weight is 289 g/mol. The molecule has 1 aromatic rings. The van der Waals surface area contributed by atoms with Gasteiger partial charge in [-0.25, -0.2) is 0 Å². The molecular weight excluding hydrogens is 266 g/mol. The van der Waals surface area contributed by atoms with Gasteiger partial charge >= 0.3 is 5.97 Å². The molecule has 1 aliphatic heterocycles. The smallest absolute Gasteiger partial charge is 0.311 e. The molecule has 1 atom stereocenters. The summed E-state index contributed by atoms with van der Waals surface area (Å²) in [6, 6.07) is 7.86. The number of nitrogens with zero attached hydrogens (tertiary/aromatic N) is 1. The van der Waals surface area contributed by atoms with Crippen LogP contribution in [0.25, 0.3) is 0 Å². The fourth-order valence-corrected chi connectivity index (χ4v) is 3.09. The number of aliphatic carboxylic acids is 1. The van der Waals surface area contributed by atoms with E-state index in [4.69, 9.17) is 0 Å². The normalized spacial score (nSPS) is 22.4. The molecule has 1 heterocycles. The third kappa shape index (κ3) is 2.67. The fourth-order valence-electron chi connectivity index (χ4n) is 3.09. The van der Waals surface area contributed by atoms with Crippen molar-refractivity contribution in [2.75, 3.05) is 13.1 Å². The van der Waals surface area contributed by atoms with Crippen LogP contribution in [-0.4, -0.2) is 35.0 Å². The summed E-state index contributed by atoms with van der Waals surface area (Å²) in [4.78, 5) is 25.9. The highest BCUT2D eigenvalue weighted by Gasteiger charge is 2.45. The van der Waals surface area contributed by atoms with Crippen LogP contribution in [0.2, 0.25) is 0 Å². The molecule has 1 N–H and O–H groups in total. The Balaban J connectivity index is 2.25. The van der Waals surface area contributed by atoms with Crippen molar-refractivity contribution in [2.24, 2.45) is 5.41 Å². The van der Waals surface area contributed by atoms with Gasteiger partial charge in [0, 0.05) is 13.1 Å². The molecule has 0 radical (unpaired) electrons. The van der Waals surface area contributed by atoms with Gasteiger partial charge in [-0.3, -0.25) is 9.59 Å². The van der Waals surface area contributed by atoms with Crippen molar-refractivity contribution < 1.29 is 14.7 Å². The van der Waals surface area contributed by atoms with Crippen molar-refractivity contribution in [2.45, 2.75) is 39.5 Å². The lowest BCUT2D eigenvalue weighted by Gasteiger charge is -2.31. The summed E-state index contributed by atoms with van der Waals surface area (Å²) in [5.74, 6) is -0.826. The van der Waals surface area contributed by atoms with Crippen LogP contribution in [0.15, 0.2) is 24.3 Å². The Bertz CT molecular complexity index is 579. The third-order valence-corrected chi connectivity index (χ3v) is 4.63.